The van der Waals surface area contributed by atoms with Gasteiger partial charge in [-0.25, -0.2) is 4.98 Å². The second-order valence-corrected chi connectivity index (χ2v) is 7.37. The van der Waals surface area contributed by atoms with Crippen LogP contribution in [0.1, 0.15) is 42.3 Å². The van der Waals surface area contributed by atoms with Crippen molar-refractivity contribution in [3.8, 4) is 0 Å². The maximum absolute atomic E-state index is 12.0. The minimum absolute atomic E-state index is 0.00824. The highest BCUT2D eigenvalue weighted by Gasteiger charge is 2.17. The van der Waals surface area contributed by atoms with Gasteiger partial charge in [-0.1, -0.05) is 51.1 Å². The fraction of sp³-hybridized carbons (Fsp3) is 0.333. The Morgan fingerprint density at radius 2 is 2.04 bits per heavy atom. The molecule has 23 heavy (non-hydrogen) atoms. The number of nitrogens with one attached hydrogen (secondary N) is 1. The minimum atomic E-state index is -0.403. The van der Waals surface area contributed by atoms with E-state index in [1.165, 1.54) is 6.08 Å². The lowest BCUT2D eigenvalue weighted by Crippen LogP contribution is -2.29. The average Bonchev–Trinajstić information content (AvgIpc) is 3.00. The van der Waals surface area contributed by atoms with Crippen LogP contribution in [0.15, 0.2) is 42.6 Å². The molecule has 1 atom stereocenters. The number of hydrogen-bond donors (Lipinski definition) is 2. The first-order valence-electron chi connectivity index (χ1n) is 7.51. The Bertz CT molecular complexity index is 672. The number of aliphatic hydroxyl groups excluding tert-OH is 1. The third-order valence-corrected chi connectivity index (χ3v) is 4.65. The molecule has 0 fully saturated rings. The second kappa shape index (κ2) is 7.53. The fourth-order valence-electron chi connectivity index (χ4n) is 2.01. The summed E-state index contributed by atoms with van der Waals surface area (Å²) in [5.74, 6) is -0.237. The molecule has 0 saturated carbocycles. The molecule has 0 bridgehead atoms. The van der Waals surface area contributed by atoms with Gasteiger partial charge in [-0.05, 0) is 11.6 Å². The SMILES string of the molecule is CC(C)(C)c1ncc(/C=C/C(=O)NC(CO)c2ccccc2)s1. The van der Waals surface area contributed by atoms with Gasteiger partial charge in [-0.3, -0.25) is 4.79 Å². The monoisotopic (exact) mass is 330 g/mol. The zero-order chi connectivity index (χ0) is 16.9. The Kier molecular flexibility index (Phi) is 5.69. The van der Waals surface area contributed by atoms with Gasteiger partial charge in [0.05, 0.1) is 17.7 Å². The molecule has 5 heteroatoms. The molecule has 0 aliphatic heterocycles. The lowest BCUT2D eigenvalue weighted by Gasteiger charge is -2.15. The zero-order valence-corrected chi connectivity index (χ0v) is 14.4. The number of thiazole rings is 1. The Morgan fingerprint density at radius 1 is 1.35 bits per heavy atom. The van der Waals surface area contributed by atoms with Crippen molar-refractivity contribution in [2.75, 3.05) is 6.61 Å². The summed E-state index contributed by atoms with van der Waals surface area (Å²) in [6.45, 7) is 6.19. The van der Waals surface area contributed by atoms with Crippen molar-refractivity contribution in [1.29, 1.82) is 0 Å². The van der Waals surface area contributed by atoms with E-state index in [0.29, 0.717) is 0 Å². The number of carbonyl (C=O) groups excluding carboxylic acids is 1. The lowest BCUT2D eigenvalue weighted by atomic mass is 9.98. The molecular formula is C18H22N2O2S. The third kappa shape index (κ3) is 5.01. The van der Waals surface area contributed by atoms with E-state index in [9.17, 15) is 9.90 Å². The molecule has 1 aromatic heterocycles. The molecule has 0 spiro atoms. The van der Waals surface area contributed by atoms with Crippen LogP contribution in [-0.2, 0) is 10.2 Å². The summed E-state index contributed by atoms with van der Waals surface area (Å²) >= 11 is 1.58. The van der Waals surface area contributed by atoms with E-state index < -0.39 is 6.04 Å². The topological polar surface area (TPSA) is 62.2 Å². The molecule has 0 saturated heterocycles. The van der Waals surface area contributed by atoms with Crippen LogP contribution in [0.5, 0.6) is 0 Å². The molecule has 1 unspecified atom stereocenters. The summed E-state index contributed by atoms with van der Waals surface area (Å²) in [6, 6.07) is 9.01. The van der Waals surface area contributed by atoms with Gasteiger partial charge in [0.25, 0.3) is 0 Å². The molecular weight excluding hydrogens is 308 g/mol. The zero-order valence-electron chi connectivity index (χ0n) is 13.6. The summed E-state index contributed by atoms with van der Waals surface area (Å²) in [5, 5.41) is 13.3. The first-order chi connectivity index (χ1) is 10.9. The van der Waals surface area contributed by atoms with Gasteiger partial charge in [0.15, 0.2) is 0 Å². The molecule has 0 aliphatic rings. The van der Waals surface area contributed by atoms with Crippen molar-refractivity contribution in [1.82, 2.24) is 10.3 Å². The quantitative estimate of drug-likeness (QED) is 0.827. The molecule has 2 aromatic rings. The first kappa shape index (κ1) is 17.4. The summed E-state index contributed by atoms with van der Waals surface area (Å²) in [4.78, 5) is 17.4. The van der Waals surface area contributed by atoms with Crippen LogP contribution < -0.4 is 5.32 Å². The number of aliphatic hydroxyl groups is 1. The van der Waals surface area contributed by atoms with Gasteiger partial charge in [0, 0.05) is 22.6 Å². The maximum Gasteiger partial charge on any atom is 0.244 e. The lowest BCUT2D eigenvalue weighted by molar-refractivity contribution is -0.117. The van der Waals surface area contributed by atoms with Gasteiger partial charge >= 0.3 is 0 Å². The molecule has 122 valence electrons. The van der Waals surface area contributed by atoms with Crippen molar-refractivity contribution < 1.29 is 9.90 Å². The predicted octanol–water partition coefficient (Wildman–Crippen LogP) is 3.30. The van der Waals surface area contributed by atoms with Crippen molar-refractivity contribution in [3.05, 3.63) is 58.1 Å². The number of benzene rings is 1. The summed E-state index contributed by atoms with van der Waals surface area (Å²) in [6.07, 6.45) is 5.00. The van der Waals surface area contributed by atoms with Crippen LogP contribution in [0.2, 0.25) is 0 Å². The molecule has 2 N–H and O–H groups in total. The van der Waals surface area contributed by atoms with Gasteiger partial charge < -0.3 is 10.4 Å². The van der Waals surface area contributed by atoms with Gasteiger partial charge in [-0.2, -0.15) is 0 Å². The standard InChI is InChI=1S/C18H22N2O2S/c1-18(2,3)17-19-11-14(23-17)9-10-16(22)20-15(12-21)13-7-5-4-6-8-13/h4-11,15,21H,12H2,1-3H3,(H,20,22)/b10-9+. The molecule has 1 aromatic carbocycles. The number of hydrogen-bond acceptors (Lipinski definition) is 4. The minimum Gasteiger partial charge on any atom is -0.394 e. The summed E-state index contributed by atoms with van der Waals surface area (Å²) in [7, 11) is 0. The largest absolute Gasteiger partial charge is 0.394 e. The number of carbonyl (C=O) groups is 1. The van der Waals surface area contributed by atoms with E-state index in [-0.39, 0.29) is 17.9 Å². The molecule has 2 rings (SSSR count). The van der Waals surface area contributed by atoms with Crippen molar-refractivity contribution in [3.63, 3.8) is 0 Å². The highest BCUT2D eigenvalue weighted by molar-refractivity contribution is 7.12. The van der Waals surface area contributed by atoms with Crippen molar-refractivity contribution in [2.45, 2.75) is 32.2 Å². The van der Waals surface area contributed by atoms with Gasteiger partial charge in [0.2, 0.25) is 5.91 Å². The molecule has 0 aliphatic carbocycles. The van der Waals surface area contributed by atoms with E-state index in [0.717, 1.165) is 15.4 Å². The van der Waals surface area contributed by atoms with E-state index in [1.807, 2.05) is 30.3 Å². The Balaban J connectivity index is 2.00. The molecule has 1 heterocycles. The second-order valence-electron chi connectivity index (χ2n) is 6.31. The van der Waals surface area contributed by atoms with Gasteiger partial charge in [0.1, 0.15) is 0 Å². The Morgan fingerprint density at radius 3 is 2.61 bits per heavy atom. The summed E-state index contributed by atoms with van der Waals surface area (Å²) in [5.41, 5.74) is 0.887. The first-order valence-corrected chi connectivity index (χ1v) is 8.32. The number of amides is 1. The van der Waals surface area contributed by atoms with Crippen LogP contribution >= 0.6 is 11.3 Å². The highest BCUT2D eigenvalue weighted by Crippen LogP contribution is 2.27. The number of aromatic nitrogens is 1. The van der Waals surface area contributed by atoms with E-state index >= 15 is 0 Å². The maximum atomic E-state index is 12.0. The smallest absolute Gasteiger partial charge is 0.244 e. The third-order valence-electron chi connectivity index (χ3n) is 3.27. The fourth-order valence-corrected chi connectivity index (χ4v) is 2.88. The van der Waals surface area contributed by atoms with E-state index in [2.05, 4.69) is 31.1 Å². The summed E-state index contributed by atoms with van der Waals surface area (Å²) < 4.78 is 0. The number of nitrogens with zero attached hydrogens (tertiary/aromatic N) is 1. The molecule has 4 nitrogen and oxygen atoms in total. The van der Waals surface area contributed by atoms with E-state index in [4.69, 9.17) is 0 Å². The van der Waals surface area contributed by atoms with Gasteiger partial charge in [-0.15, -0.1) is 11.3 Å². The van der Waals surface area contributed by atoms with Crippen LogP contribution in [-0.4, -0.2) is 22.6 Å². The van der Waals surface area contributed by atoms with E-state index in [1.54, 1.807) is 23.6 Å². The molecule has 0 radical (unpaired) electrons. The van der Waals surface area contributed by atoms with Crippen LogP contribution in [0.3, 0.4) is 0 Å². The van der Waals surface area contributed by atoms with Crippen LogP contribution in [0.25, 0.3) is 6.08 Å². The Hall–Kier alpha value is -1.98. The predicted molar refractivity (Wildman–Crippen MR) is 94.3 cm³/mol. The normalized spacial score (nSPS) is 13.2. The van der Waals surface area contributed by atoms with Crippen LogP contribution in [0.4, 0.5) is 0 Å². The van der Waals surface area contributed by atoms with Crippen molar-refractivity contribution >= 4 is 23.3 Å². The average molecular weight is 330 g/mol. The Labute approximate surface area is 140 Å². The molecule has 1 amide bonds. The highest BCUT2D eigenvalue weighted by atomic mass is 32.1. The number of rotatable bonds is 5. The van der Waals surface area contributed by atoms with Crippen molar-refractivity contribution in [2.24, 2.45) is 0 Å². The van der Waals surface area contributed by atoms with Crippen LogP contribution in [0, 0.1) is 0 Å².